The normalized spacial score (nSPS) is 10.2. The molecular formula is C15H10N3. The maximum Gasteiger partial charge on any atom is 0.222 e. The molecule has 3 nitrogen and oxygen atoms in total. The van der Waals surface area contributed by atoms with Crippen molar-refractivity contribution in [2.75, 3.05) is 0 Å². The smallest absolute Gasteiger partial charge is 0.221 e. The molecule has 0 atom stereocenters. The number of hydrogen-bond acceptors (Lipinski definition) is 3. The highest BCUT2D eigenvalue weighted by atomic mass is 15.1. The third-order valence-corrected chi connectivity index (χ3v) is 2.68. The molecule has 3 aromatic rings. The Labute approximate surface area is 105 Å². The van der Waals surface area contributed by atoms with Crippen molar-refractivity contribution in [3.8, 4) is 22.5 Å². The summed E-state index contributed by atoms with van der Waals surface area (Å²) in [7, 11) is 0. The SMILES string of the molecule is [c]1nnc(-c2ccccc2)c(-c2ccccc2)n1. The first-order valence-electron chi connectivity index (χ1n) is 5.67. The Kier molecular flexibility index (Phi) is 2.80. The Morgan fingerprint density at radius 3 is 1.83 bits per heavy atom. The minimum atomic E-state index is 0.778. The second-order valence-corrected chi connectivity index (χ2v) is 3.84. The van der Waals surface area contributed by atoms with E-state index in [1.807, 2.05) is 60.7 Å². The van der Waals surface area contributed by atoms with E-state index >= 15 is 0 Å². The Bertz CT molecular complexity index is 578. The first-order valence-corrected chi connectivity index (χ1v) is 5.67. The van der Waals surface area contributed by atoms with Crippen LogP contribution in [-0.4, -0.2) is 15.2 Å². The molecule has 0 amide bonds. The van der Waals surface area contributed by atoms with Crippen molar-refractivity contribution in [1.29, 1.82) is 0 Å². The summed E-state index contributed by atoms with van der Waals surface area (Å²) in [5.41, 5.74) is 3.60. The zero-order valence-corrected chi connectivity index (χ0v) is 9.62. The van der Waals surface area contributed by atoms with Crippen LogP contribution in [0.15, 0.2) is 60.7 Å². The van der Waals surface area contributed by atoms with E-state index in [4.69, 9.17) is 0 Å². The van der Waals surface area contributed by atoms with Gasteiger partial charge in [0.2, 0.25) is 6.33 Å². The van der Waals surface area contributed by atoms with Gasteiger partial charge in [0.1, 0.15) is 11.4 Å². The van der Waals surface area contributed by atoms with E-state index in [2.05, 4.69) is 21.5 Å². The number of hydrogen-bond donors (Lipinski definition) is 0. The van der Waals surface area contributed by atoms with Gasteiger partial charge in [-0.2, -0.15) is 0 Å². The molecule has 0 spiro atoms. The second-order valence-electron chi connectivity index (χ2n) is 3.84. The molecule has 0 unspecified atom stereocenters. The van der Waals surface area contributed by atoms with E-state index in [1.165, 1.54) is 0 Å². The van der Waals surface area contributed by atoms with E-state index in [1.54, 1.807) is 0 Å². The van der Waals surface area contributed by atoms with Gasteiger partial charge in [-0.1, -0.05) is 60.7 Å². The van der Waals surface area contributed by atoms with Crippen molar-refractivity contribution < 1.29 is 0 Å². The van der Waals surface area contributed by atoms with Crippen LogP contribution >= 0.6 is 0 Å². The molecule has 85 valence electrons. The van der Waals surface area contributed by atoms with Crippen molar-refractivity contribution in [3.63, 3.8) is 0 Å². The first-order chi connectivity index (χ1) is 8.95. The van der Waals surface area contributed by atoms with Gasteiger partial charge in [0.25, 0.3) is 0 Å². The summed E-state index contributed by atoms with van der Waals surface area (Å²) in [6.45, 7) is 0. The predicted octanol–water partition coefficient (Wildman–Crippen LogP) is 3.01. The minimum absolute atomic E-state index is 0.778. The number of rotatable bonds is 2. The molecule has 0 aliphatic carbocycles. The Morgan fingerprint density at radius 2 is 1.22 bits per heavy atom. The topological polar surface area (TPSA) is 38.7 Å². The highest BCUT2D eigenvalue weighted by Crippen LogP contribution is 2.26. The lowest BCUT2D eigenvalue weighted by Gasteiger charge is -2.05. The van der Waals surface area contributed by atoms with Crippen LogP contribution in [0, 0.1) is 6.33 Å². The molecule has 0 fully saturated rings. The zero-order valence-electron chi connectivity index (χ0n) is 9.62. The van der Waals surface area contributed by atoms with Crippen LogP contribution in [0.5, 0.6) is 0 Å². The molecule has 0 N–H and O–H groups in total. The van der Waals surface area contributed by atoms with Gasteiger partial charge in [-0.15, -0.1) is 10.2 Å². The highest BCUT2D eigenvalue weighted by molar-refractivity contribution is 5.76. The molecule has 3 heteroatoms. The molecule has 2 aromatic carbocycles. The lowest BCUT2D eigenvalue weighted by atomic mass is 10.0. The van der Waals surface area contributed by atoms with Crippen LogP contribution in [0.25, 0.3) is 22.5 Å². The van der Waals surface area contributed by atoms with Crippen molar-refractivity contribution in [2.24, 2.45) is 0 Å². The quantitative estimate of drug-likeness (QED) is 0.681. The number of benzene rings is 2. The number of nitrogens with zero attached hydrogens (tertiary/aromatic N) is 3. The van der Waals surface area contributed by atoms with E-state index in [9.17, 15) is 0 Å². The van der Waals surface area contributed by atoms with Crippen LogP contribution < -0.4 is 0 Å². The third kappa shape index (κ3) is 1.98. The molecule has 0 aliphatic rings. The largest absolute Gasteiger partial charge is 0.222 e. The monoisotopic (exact) mass is 232 g/mol. The van der Waals surface area contributed by atoms with Crippen LogP contribution in [-0.2, 0) is 0 Å². The standard InChI is InChI=1S/C15H10N3/c1-3-7-12(8-4-1)14-15(18-17-11-16-14)13-9-5-2-6-10-13/h1-10H. The summed E-state index contributed by atoms with van der Waals surface area (Å²) in [5.74, 6) is 0. The second kappa shape index (κ2) is 4.75. The average molecular weight is 232 g/mol. The van der Waals surface area contributed by atoms with Gasteiger partial charge >= 0.3 is 0 Å². The van der Waals surface area contributed by atoms with Crippen LogP contribution in [0.2, 0.25) is 0 Å². The Morgan fingerprint density at radius 1 is 0.667 bits per heavy atom. The average Bonchev–Trinajstić information content (AvgIpc) is 2.49. The summed E-state index contributed by atoms with van der Waals surface area (Å²) < 4.78 is 0. The van der Waals surface area contributed by atoms with Crippen LogP contribution in [0.1, 0.15) is 0 Å². The van der Waals surface area contributed by atoms with Crippen molar-refractivity contribution in [2.45, 2.75) is 0 Å². The molecular weight excluding hydrogens is 222 g/mol. The van der Waals surface area contributed by atoms with Gasteiger partial charge in [-0.3, -0.25) is 0 Å². The first kappa shape index (κ1) is 10.6. The van der Waals surface area contributed by atoms with Crippen LogP contribution in [0.4, 0.5) is 0 Å². The molecule has 0 saturated heterocycles. The lowest BCUT2D eigenvalue weighted by Crippen LogP contribution is -1.95. The zero-order chi connectivity index (χ0) is 12.2. The summed E-state index contributed by atoms with van der Waals surface area (Å²) in [6.07, 6.45) is 2.56. The fourth-order valence-corrected chi connectivity index (χ4v) is 1.83. The van der Waals surface area contributed by atoms with E-state index in [0.717, 1.165) is 22.5 Å². The van der Waals surface area contributed by atoms with E-state index in [0.29, 0.717) is 0 Å². The molecule has 0 aliphatic heterocycles. The molecule has 3 rings (SSSR count). The third-order valence-electron chi connectivity index (χ3n) is 2.68. The van der Waals surface area contributed by atoms with Crippen molar-refractivity contribution in [1.82, 2.24) is 15.2 Å². The van der Waals surface area contributed by atoms with E-state index < -0.39 is 0 Å². The Hall–Kier alpha value is -2.55. The lowest BCUT2D eigenvalue weighted by molar-refractivity contribution is 0.969. The molecule has 1 heterocycles. The summed E-state index contributed by atoms with van der Waals surface area (Å²) >= 11 is 0. The summed E-state index contributed by atoms with van der Waals surface area (Å²) in [4.78, 5) is 4.23. The molecule has 18 heavy (non-hydrogen) atoms. The van der Waals surface area contributed by atoms with Crippen molar-refractivity contribution in [3.05, 3.63) is 67.0 Å². The maximum atomic E-state index is 4.23. The highest BCUT2D eigenvalue weighted by Gasteiger charge is 2.09. The van der Waals surface area contributed by atoms with E-state index in [-0.39, 0.29) is 0 Å². The van der Waals surface area contributed by atoms with Gasteiger partial charge in [0.15, 0.2) is 0 Å². The van der Waals surface area contributed by atoms with Gasteiger partial charge in [-0.25, -0.2) is 4.98 Å². The van der Waals surface area contributed by atoms with Gasteiger partial charge < -0.3 is 0 Å². The van der Waals surface area contributed by atoms with Gasteiger partial charge in [0.05, 0.1) is 0 Å². The summed E-state index contributed by atoms with van der Waals surface area (Å²) in [5, 5.41) is 7.92. The number of aromatic nitrogens is 3. The van der Waals surface area contributed by atoms with Gasteiger partial charge in [0, 0.05) is 11.1 Å². The van der Waals surface area contributed by atoms with Crippen LogP contribution in [0.3, 0.4) is 0 Å². The fraction of sp³-hybridized carbons (Fsp3) is 0. The minimum Gasteiger partial charge on any atom is -0.221 e. The Balaban J connectivity index is 2.18. The van der Waals surface area contributed by atoms with Crippen molar-refractivity contribution >= 4 is 0 Å². The molecule has 1 radical (unpaired) electrons. The molecule has 0 saturated carbocycles. The summed E-state index contributed by atoms with van der Waals surface area (Å²) in [6, 6.07) is 19.9. The predicted molar refractivity (Wildman–Crippen MR) is 69.5 cm³/mol. The van der Waals surface area contributed by atoms with Gasteiger partial charge in [-0.05, 0) is 0 Å². The molecule has 1 aromatic heterocycles. The maximum absolute atomic E-state index is 4.23. The fourth-order valence-electron chi connectivity index (χ4n) is 1.83. The molecule has 0 bridgehead atoms.